The van der Waals surface area contributed by atoms with Crippen molar-refractivity contribution in [3.8, 4) is 11.4 Å². The van der Waals surface area contributed by atoms with Crippen LogP contribution in [-0.2, 0) is 13.0 Å². The Bertz CT molecular complexity index is 1430. The predicted octanol–water partition coefficient (Wildman–Crippen LogP) is 5.75. The Hall–Kier alpha value is -4.45. The first-order chi connectivity index (χ1) is 17.8. The highest BCUT2D eigenvalue weighted by atomic mass is 16.5. The van der Waals surface area contributed by atoms with Crippen LogP contribution in [0.1, 0.15) is 34.3 Å². The molecule has 5 rings (SSSR count). The number of fused-ring (bicyclic) bond motifs is 1. The van der Waals surface area contributed by atoms with E-state index in [1.807, 2.05) is 65.2 Å². The SMILES string of the molecule is O=C(NCc1cccnc1)c1ccc2c(c1)ncn2-c1cccc(OCCCCc2ccccc2)c1. The average Bonchev–Trinajstić information content (AvgIpc) is 3.36. The van der Waals surface area contributed by atoms with Crippen LogP contribution in [0.2, 0.25) is 0 Å². The molecule has 0 unspecified atom stereocenters. The minimum absolute atomic E-state index is 0.141. The number of pyridine rings is 1. The molecule has 180 valence electrons. The number of carbonyl (C=O) groups is 1. The van der Waals surface area contributed by atoms with Gasteiger partial charge in [0.05, 0.1) is 23.3 Å². The van der Waals surface area contributed by atoms with Gasteiger partial charge >= 0.3 is 0 Å². The summed E-state index contributed by atoms with van der Waals surface area (Å²) in [6.07, 6.45) is 8.39. The van der Waals surface area contributed by atoms with Crippen molar-refractivity contribution in [3.63, 3.8) is 0 Å². The molecule has 0 atom stereocenters. The van der Waals surface area contributed by atoms with E-state index in [0.717, 1.165) is 47.3 Å². The molecule has 0 saturated heterocycles. The Balaban J connectivity index is 1.20. The zero-order valence-electron chi connectivity index (χ0n) is 20.0. The highest BCUT2D eigenvalue weighted by Gasteiger charge is 2.11. The van der Waals surface area contributed by atoms with E-state index < -0.39 is 0 Å². The predicted molar refractivity (Wildman–Crippen MR) is 141 cm³/mol. The van der Waals surface area contributed by atoms with E-state index in [4.69, 9.17) is 4.74 Å². The van der Waals surface area contributed by atoms with Gasteiger partial charge in [-0.1, -0.05) is 42.5 Å². The van der Waals surface area contributed by atoms with Gasteiger partial charge in [0.1, 0.15) is 12.1 Å². The summed E-state index contributed by atoms with van der Waals surface area (Å²) in [5.41, 5.74) is 5.54. The minimum atomic E-state index is -0.141. The summed E-state index contributed by atoms with van der Waals surface area (Å²) in [5.74, 6) is 0.693. The van der Waals surface area contributed by atoms with E-state index in [-0.39, 0.29) is 5.91 Å². The molecule has 0 bridgehead atoms. The van der Waals surface area contributed by atoms with Crippen LogP contribution >= 0.6 is 0 Å². The summed E-state index contributed by atoms with van der Waals surface area (Å²) in [7, 11) is 0. The van der Waals surface area contributed by atoms with Gasteiger partial charge in [-0.15, -0.1) is 0 Å². The fraction of sp³-hybridized carbons (Fsp3) is 0.167. The number of hydrogen-bond donors (Lipinski definition) is 1. The molecule has 3 aromatic carbocycles. The highest BCUT2D eigenvalue weighted by molar-refractivity contribution is 5.97. The molecule has 0 aliphatic rings. The van der Waals surface area contributed by atoms with Crippen molar-refractivity contribution >= 4 is 16.9 Å². The van der Waals surface area contributed by atoms with Crippen LogP contribution in [0.3, 0.4) is 0 Å². The lowest BCUT2D eigenvalue weighted by atomic mass is 10.1. The Morgan fingerprint density at radius 3 is 2.64 bits per heavy atom. The molecule has 2 aromatic heterocycles. The largest absolute Gasteiger partial charge is 0.494 e. The molecular formula is C30H28N4O2. The molecule has 1 amide bonds. The first-order valence-corrected chi connectivity index (χ1v) is 12.2. The van der Waals surface area contributed by atoms with Gasteiger partial charge in [-0.3, -0.25) is 14.3 Å². The topological polar surface area (TPSA) is 69.0 Å². The number of ether oxygens (including phenoxy) is 1. The quantitative estimate of drug-likeness (QED) is 0.261. The number of hydrogen-bond acceptors (Lipinski definition) is 4. The Labute approximate surface area is 210 Å². The molecule has 0 aliphatic carbocycles. The number of imidazole rings is 1. The summed E-state index contributed by atoms with van der Waals surface area (Å²) in [5, 5.41) is 2.93. The fourth-order valence-corrected chi connectivity index (χ4v) is 4.14. The van der Waals surface area contributed by atoms with E-state index in [1.54, 1.807) is 18.7 Å². The fourth-order valence-electron chi connectivity index (χ4n) is 4.14. The number of unbranched alkanes of at least 4 members (excludes halogenated alkanes) is 1. The lowest BCUT2D eigenvalue weighted by molar-refractivity contribution is 0.0951. The van der Waals surface area contributed by atoms with Crippen molar-refractivity contribution in [2.75, 3.05) is 6.61 Å². The third-order valence-corrected chi connectivity index (χ3v) is 6.05. The normalized spacial score (nSPS) is 10.9. The first kappa shape index (κ1) is 23.3. The summed E-state index contributed by atoms with van der Waals surface area (Å²) in [6, 6.07) is 27.9. The molecule has 0 radical (unpaired) electrons. The molecular weight excluding hydrogens is 448 g/mol. The van der Waals surface area contributed by atoms with Crippen molar-refractivity contribution in [2.45, 2.75) is 25.8 Å². The number of nitrogens with one attached hydrogen (secondary N) is 1. The number of aryl methyl sites for hydroxylation is 1. The number of nitrogens with zero attached hydrogens (tertiary/aromatic N) is 3. The molecule has 6 heteroatoms. The maximum absolute atomic E-state index is 12.6. The van der Waals surface area contributed by atoms with Crippen LogP contribution in [0, 0.1) is 0 Å². The van der Waals surface area contributed by atoms with Crippen LogP contribution < -0.4 is 10.1 Å². The van der Waals surface area contributed by atoms with Gasteiger partial charge in [-0.25, -0.2) is 4.98 Å². The standard InChI is InChI=1S/C30H28N4O2/c35-30(32-21-24-11-7-16-31-20-24)25-14-15-29-28(18-25)33-22-34(29)26-12-6-13-27(19-26)36-17-5-4-10-23-8-2-1-3-9-23/h1-3,6-9,11-16,18-20,22H,4-5,10,17,21H2,(H,32,35). The molecule has 0 aliphatic heterocycles. The molecule has 5 aromatic rings. The van der Waals surface area contributed by atoms with Gasteiger partial charge in [0.15, 0.2) is 0 Å². The Kier molecular flexibility index (Phi) is 7.32. The molecule has 0 fully saturated rings. The van der Waals surface area contributed by atoms with Crippen molar-refractivity contribution in [1.82, 2.24) is 19.9 Å². The molecule has 1 N–H and O–H groups in total. The third kappa shape index (κ3) is 5.78. The minimum Gasteiger partial charge on any atom is -0.494 e. The van der Waals surface area contributed by atoms with Gasteiger partial charge in [0, 0.05) is 30.6 Å². The smallest absolute Gasteiger partial charge is 0.251 e. The van der Waals surface area contributed by atoms with E-state index >= 15 is 0 Å². The van der Waals surface area contributed by atoms with Crippen LogP contribution in [0.5, 0.6) is 5.75 Å². The maximum atomic E-state index is 12.6. The van der Waals surface area contributed by atoms with Gasteiger partial charge in [0.2, 0.25) is 0 Å². The molecule has 0 saturated carbocycles. The Morgan fingerprint density at radius 1 is 0.889 bits per heavy atom. The van der Waals surface area contributed by atoms with E-state index in [2.05, 4.69) is 39.6 Å². The van der Waals surface area contributed by atoms with Crippen LogP contribution in [0.25, 0.3) is 16.7 Å². The third-order valence-electron chi connectivity index (χ3n) is 6.05. The zero-order chi connectivity index (χ0) is 24.6. The second-order valence-electron chi connectivity index (χ2n) is 8.65. The van der Waals surface area contributed by atoms with E-state index in [0.29, 0.717) is 18.7 Å². The van der Waals surface area contributed by atoms with Gasteiger partial charge in [0.25, 0.3) is 5.91 Å². The van der Waals surface area contributed by atoms with Crippen molar-refractivity contribution < 1.29 is 9.53 Å². The van der Waals surface area contributed by atoms with Crippen molar-refractivity contribution in [1.29, 1.82) is 0 Å². The lowest BCUT2D eigenvalue weighted by Gasteiger charge is -2.10. The summed E-state index contributed by atoms with van der Waals surface area (Å²) in [4.78, 5) is 21.2. The zero-order valence-corrected chi connectivity index (χ0v) is 20.0. The average molecular weight is 477 g/mol. The monoisotopic (exact) mass is 476 g/mol. The lowest BCUT2D eigenvalue weighted by Crippen LogP contribution is -2.22. The van der Waals surface area contributed by atoms with E-state index in [1.165, 1.54) is 5.56 Å². The van der Waals surface area contributed by atoms with Gasteiger partial charge in [-0.2, -0.15) is 0 Å². The number of benzene rings is 3. The molecule has 2 heterocycles. The first-order valence-electron chi connectivity index (χ1n) is 12.2. The van der Waals surface area contributed by atoms with Crippen LogP contribution in [0.15, 0.2) is 104 Å². The molecule has 0 spiro atoms. The summed E-state index contributed by atoms with van der Waals surface area (Å²) < 4.78 is 8.03. The number of carbonyl (C=O) groups excluding carboxylic acids is 1. The molecule has 6 nitrogen and oxygen atoms in total. The second-order valence-corrected chi connectivity index (χ2v) is 8.65. The van der Waals surface area contributed by atoms with Crippen molar-refractivity contribution in [2.24, 2.45) is 0 Å². The second kappa shape index (κ2) is 11.3. The van der Waals surface area contributed by atoms with Gasteiger partial charge in [-0.05, 0) is 66.8 Å². The highest BCUT2D eigenvalue weighted by Crippen LogP contribution is 2.23. The summed E-state index contributed by atoms with van der Waals surface area (Å²) in [6.45, 7) is 1.11. The van der Waals surface area contributed by atoms with Crippen molar-refractivity contribution in [3.05, 3.63) is 120 Å². The van der Waals surface area contributed by atoms with Crippen LogP contribution in [0.4, 0.5) is 0 Å². The van der Waals surface area contributed by atoms with Gasteiger partial charge < -0.3 is 10.1 Å². The van der Waals surface area contributed by atoms with Crippen LogP contribution in [-0.4, -0.2) is 27.0 Å². The number of rotatable bonds is 10. The molecule has 36 heavy (non-hydrogen) atoms. The maximum Gasteiger partial charge on any atom is 0.251 e. The number of amides is 1. The number of aromatic nitrogens is 3. The summed E-state index contributed by atoms with van der Waals surface area (Å²) >= 11 is 0. The Morgan fingerprint density at radius 2 is 1.78 bits per heavy atom. The van der Waals surface area contributed by atoms with E-state index in [9.17, 15) is 4.79 Å².